The number of hydrogen-bond donors (Lipinski definition) is 0. The second-order valence-corrected chi connectivity index (χ2v) is 6.37. The van der Waals surface area contributed by atoms with E-state index in [0.717, 1.165) is 16.9 Å². The van der Waals surface area contributed by atoms with Crippen LogP contribution >= 0.6 is 12.0 Å². The Morgan fingerprint density at radius 1 is 1.07 bits per heavy atom. The molecule has 0 atom stereocenters. The normalized spacial score (nSPS) is 10.7. The third-order valence-corrected chi connectivity index (χ3v) is 4.49. The van der Waals surface area contributed by atoms with Crippen LogP contribution in [0.15, 0.2) is 78.0 Å². The molecular formula is C20H12FN3O2S. The van der Waals surface area contributed by atoms with Crippen LogP contribution in [0.2, 0.25) is 0 Å². The highest BCUT2D eigenvalue weighted by molar-refractivity contribution is 7.94. The third-order valence-electron chi connectivity index (χ3n) is 3.90. The van der Waals surface area contributed by atoms with Crippen molar-refractivity contribution >= 4 is 23.1 Å². The van der Waals surface area contributed by atoms with E-state index in [1.165, 1.54) is 23.2 Å². The van der Waals surface area contributed by atoms with Gasteiger partial charge in [-0.1, -0.05) is 40.7 Å². The van der Waals surface area contributed by atoms with Gasteiger partial charge in [-0.25, -0.2) is 14.4 Å². The molecule has 132 valence electrons. The molecule has 27 heavy (non-hydrogen) atoms. The second kappa shape index (κ2) is 7.50. The van der Waals surface area contributed by atoms with Gasteiger partial charge in [0.15, 0.2) is 5.65 Å². The summed E-state index contributed by atoms with van der Waals surface area (Å²) in [4.78, 5) is 10.5. The van der Waals surface area contributed by atoms with Crippen LogP contribution in [0.5, 0.6) is 0 Å². The molecule has 0 bridgehead atoms. The zero-order chi connectivity index (χ0) is 18.6. The molecule has 0 saturated heterocycles. The fourth-order valence-electron chi connectivity index (χ4n) is 2.63. The standard InChI is InChI=1S/C20H12FN3O2S/c21-19-9-5-4-8-17(19)14-10-18-15(11-22)13-24(20(18)23-12-14)25-26-27-16-6-2-1-3-7-16/h1-10,12-13H. The molecule has 0 radical (unpaired) electrons. The Bertz CT molecular complexity index is 1140. The lowest BCUT2D eigenvalue weighted by Crippen LogP contribution is -2.07. The second-order valence-electron chi connectivity index (χ2n) is 5.59. The van der Waals surface area contributed by atoms with E-state index in [1.807, 2.05) is 30.3 Å². The molecule has 2 aromatic heterocycles. The largest absolute Gasteiger partial charge is 0.235 e. The number of halogens is 1. The van der Waals surface area contributed by atoms with Crippen LogP contribution < -0.4 is 4.99 Å². The first-order valence-electron chi connectivity index (χ1n) is 7.99. The van der Waals surface area contributed by atoms with E-state index in [9.17, 15) is 9.65 Å². The highest BCUT2D eigenvalue weighted by Crippen LogP contribution is 2.27. The molecule has 0 spiro atoms. The average molecular weight is 377 g/mol. The molecule has 0 fully saturated rings. The van der Waals surface area contributed by atoms with Gasteiger partial charge in [-0.05, 0) is 24.3 Å². The molecule has 2 aromatic carbocycles. The van der Waals surface area contributed by atoms with Crippen LogP contribution in [-0.2, 0) is 4.33 Å². The lowest BCUT2D eigenvalue weighted by atomic mass is 10.1. The summed E-state index contributed by atoms with van der Waals surface area (Å²) in [5.41, 5.74) is 1.75. The Kier molecular flexibility index (Phi) is 4.75. The molecule has 0 unspecified atom stereocenters. The summed E-state index contributed by atoms with van der Waals surface area (Å²) in [7, 11) is 0. The van der Waals surface area contributed by atoms with Gasteiger partial charge in [-0.3, -0.25) is 0 Å². The quantitative estimate of drug-likeness (QED) is 0.285. The monoisotopic (exact) mass is 377 g/mol. The maximum atomic E-state index is 14.0. The first-order chi connectivity index (χ1) is 13.3. The number of fused-ring (bicyclic) bond motifs is 1. The van der Waals surface area contributed by atoms with Crippen molar-refractivity contribution < 1.29 is 13.7 Å². The molecule has 0 aliphatic heterocycles. The summed E-state index contributed by atoms with van der Waals surface area (Å²) in [6.07, 6.45) is 3.01. The number of rotatable bonds is 5. The minimum Gasteiger partial charge on any atom is -0.235 e. The SMILES string of the molecule is N#Cc1cn(OOSc2ccccc2)c2ncc(-c3ccccc3F)cc12. The van der Waals surface area contributed by atoms with Crippen LogP contribution in [0.4, 0.5) is 4.39 Å². The van der Waals surface area contributed by atoms with Gasteiger partial charge in [0, 0.05) is 27.6 Å². The van der Waals surface area contributed by atoms with Crippen LogP contribution in [0.25, 0.3) is 22.2 Å². The number of benzene rings is 2. The predicted octanol–water partition coefficient (Wildman–Crippen LogP) is 4.78. The van der Waals surface area contributed by atoms with Gasteiger partial charge in [-0.15, -0.1) is 4.73 Å². The van der Waals surface area contributed by atoms with Gasteiger partial charge in [0.25, 0.3) is 0 Å². The Balaban J connectivity index is 1.63. The van der Waals surface area contributed by atoms with Crippen molar-refractivity contribution in [3.63, 3.8) is 0 Å². The number of nitrogens with zero attached hydrogens (tertiary/aromatic N) is 3. The maximum Gasteiger partial charge on any atom is 0.180 e. The topological polar surface area (TPSA) is 60.1 Å². The third kappa shape index (κ3) is 3.49. The number of hydrogen-bond acceptors (Lipinski definition) is 5. The maximum absolute atomic E-state index is 14.0. The summed E-state index contributed by atoms with van der Waals surface area (Å²) in [5, 5.41) is 9.95. The van der Waals surface area contributed by atoms with Crippen LogP contribution in [0.3, 0.4) is 0 Å². The van der Waals surface area contributed by atoms with Gasteiger partial charge in [0.1, 0.15) is 11.9 Å². The fourth-order valence-corrected chi connectivity index (χ4v) is 3.07. The van der Waals surface area contributed by atoms with Gasteiger partial charge < -0.3 is 0 Å². The Hall–Kier alpha value is -3.34. The van der Waals surface area contributed by atoms with Gasteiger partial charge in [0.2, 0.25) is 0 Å². The molecule has 4 aromatic rings. The van der Waals surface area contributed by atoms with Gasteiger partial charge in [0.05, 0.1) is 23.8 Å². The first-order valence-corrected chi connectivity index (χ1v) is 8.73. The highest BCUT2D eigenvalue weighted by atomic mass is 32.2. The molecule has 0 aliphatic rings. The van der Waals surface area contributed by atoms with Crippen LogP contribution in [0, 0.1) is 17.1 Å². The Morgan fingerprint density at radius 2 is 1.85 bits per heavy atom. The van der Waals surface area contributed by atoms with Crippen LogP contribution in [-0.4, -0.2) is 9.71 Å². The molecule has 0 N–H and O–H groups in total. The summed E-state index contributed by atoms with van der Waals surface area (Å²) >= 11 is 1.04. The minimum absolute atomic E-state index is 0.351. The minimum atomic E-state index is -0.351. The molecule has 0 aliphatic carbocycles. The van der Waals surface area contributed by atoms with Crippen molar-refractivity contribution in [1.82, 2.24) is 9.71 Å². The zero-order valence-corrected chi connectivity index (χ0v) is 14.7. The lowest BCUT2D eigenvalue weighted by Gasteiger charge is -2.06. The Morgan fingerprint density at radius 3 is 2.63 bits per heavy atom. The molecular weight excluding hydrogens is 365 g/mol. The fraction of sp³-hybridized carbons (Fsp3) is 0. The summed E-state index contributed by atoms with van der Waals surface area (Å²) in [5.74, 6) is -0.351. The van der Waals surface area contributed by atoms with E-state index in [-0.39, 0.29) is 5.82 Å². The molecule has 0 saturated carbocycles. The summed E-state index contributed by atoms with van der Waals surface area (Å²) in [6.45, 7) is 0. The first kappa shape index (κ1) is 17.1. The van der Waals surface area contributed by atoms with E-state index in [0.29, 0.717) is 27.7 Å². The van der Waals surface area contributed by atoms with Crippen molar-refractivity contribution in [2.24, 2.45) is 0 Å². The highest BCUT2D eigenvalue weighted by Gasteiger charge is 2.14. The molecule has 0 amide bonds. The number of aromatic nitrogens is 2. The van der Waals surface area contributed by atoms with E-state index >= 15 is 0 Å². The zero-order valence-electron chi connectivity index (χ0n) is 13.9. The van der Waals surface area contributed by atoms with Crippen molar-refractivity contribution in [3.05, 3.63) is 84.4 Å². The van der Waals surface area contributed by atoms with E-state index in [4.69, 9.17) is 9.32 Å². The van der Waals surface area contributed by atoms with E-state index in [2.05, 4.69) is 11.1 Å². The predicted molar refractivity (Wildman–Crippen MR) is 99.8 cm³/mol. The van der Waals surface area contributed by atoms with Crippen LogP contribution in [0.1, 0.15) is 5.56 Å². The van der Waals surface area contributed by atoms with Crippen molar-refractivity contribution in [2.75, 3.05) is 0 Å². The van der Waals surface area contributed by atoms with Crippen molar-refractivity contribution in [3.8, 4) is 17.2 Å². The number of pyridine rings is 1. The van der Waals surface area contributed by atoms with Crippen molar-refractivity contribution in [2.45, 2.75) is 4.90 Å². The lowest BCUT2D eigenvalue weighted by molar-refractivity contribution is -0.188. The smallest absolute Gasteiger partial charge is 0.180 e. The summed E-state index contributed by atoms with van der Waals surface area (Å²) < 4.78 is 20.5. The van der Waals surface area contributed by atoms with E-state index < -0.39 is 0 Å². The van der Waals surface area contributed by atoms with Crippen molar-refractivity contribution in [1.29, 1.82) is 5.26 Å². The Labute approximate surface area is 158 Å². The van der Waals surface area contributed by atoms with Gasteiger partial charge >= 0.3 is 0 Å². The van der Waals surface area contributed by atoms with E-state index in [1.54, 1.807) is 24.3 Å². The molecule has 2 heterocycles. The van der Waals surface area contributed by atoms with Gasteiger partial charge in [-0.2, -0.15) is 5.26 Å². The molecule has 5 nitrogen and oxygen atoms in total. The number of nitriles is 1. The molecule has 7 heteroatoms. The molecule has 4 rings (SSSR count). The average Bonchev–Trinajstić information content (AvgIpc) is 3.06. The summed E-state index contributed by atoms with van der Waals surface area (Å²) in [6, 6.07) is 19.6.